The third-order valence-electron chi connectivity index (χ3n) is 4.53. The van der Waals surface area contributed by atoms with Gasteiger partial charge < -0.3 is 10.4 Å². The largest absolute Gasteiger partial charge is 0.480 e. The molecule has 8 nitrogen and oxygen atoms in total. The number of para-hydroxylation sites is 1. The minimum atomic E-state index is -1.04. The lowest BCUT2D eigenvalue weighted by molar-refractivity contribution is -0.140. The summed E-state index contributed by atoms with van der Waals surface area (Å²) >= 11 is 0. The standard InChI is InChI=1S/C18H16FN5O3/c19-12-3-1-2-4-14(12)23-10-11(8-22-23)7-20-13-9-21-16-6-5-15(18(26)27)24(16)17(13)25/h1-4,8-10,15,20H,5-7H2,(H,26,27)/t15-/m0/s1. The summed E-state index contributed by atoms with van der Waals surface area (Å²) in [6, 6.07) is 5.40. The van der Waals surface area contributed by atoms with Crippen LogP contribution in [0.25, 0.3) is 5.69 Å². The van der Waals surface area contributed by atoms with E-state index in [0.29, 0.717) is 24.4 Å². The van der Waals surface area contributed by atoms with Crippen molar-refractivity contribution >= 4 is 11.7 Å². The number of carboxylic acid groups (broad SMARTS) is 1. The normalized spacial score (nSPS) is 15.5. The molecule has 0 radical (unpaired) electrons. The van der Waals surface area contributed by atoms with E-state index in [0.717, 1.165) is 5.56 Å². The molecule has 138 valence electrons. The second-order valence-electron chi connectivity index (χ2n) is 6.25. The van der Waals surface area contributed by atoms with Crippen LogP contribution in [0.3, 0.4) is 0 Å². The number of hydrogen-bond donors (Lipinski definition) is 2. The number of anilines is 1. The van der Waals surface area contributed by atoms with Gasteiger partial charge in [0.25, 0.3) is 5.56 Å². The van der Waals surface area contributed by atoms with Crippen LogP contribution in [0.2, 0.25) is 0 Å². The molecule has 0 spiro atoms. The Balaban J connectivity index is 1.54. The van der Waals surface area contributed by atoms with Crippen molar-refractivity contribution in [3.63, 3.8) is 0 Å². The Kier molecular flexibility index (Phi) is 4.19. The molecule has 3 heterocycles. The number of aryl methyl sites for hydroxylation is 1. The van der Waals surface area contributed by atoms with Gasteiger partial charge in [-0.25, -0.2) is 18.9 Å². The van der Waals surface area contributed by atoms with Gasteiger partial charge in [0.1, 0.15) is 29.1 Å². The zero-order valence-corrected chi connectivity index (χ0v) is 14.2. The number of carbonyl (C=O) groups is 1. The number of aliphatic carboxylic acids is 1. The van der Waals surface area contributed by atoms with Gasteiger partial charge in [0.05, 0.1) is 12.4 Å². The average Bonchev–Trinajstić information content (AvgIpc) is 3.29. The molecule has 0 bridgehead atoms. The lowest BCUT2D eigenvalue weighted by Crippen LogP contribution is -2.30. The predicted molar refractivity (Wildman–Crippen MR) is 94.3 cm³/mol. The second-order valence-corrected chi connectivity index (χ2v) is 6.25. The van der Waals surface area contributed by atoms with E-state index in [9.17, 15) is 19.1 Å². The highest BCUT2D eigenvalue weighted by molar-refractivity contribution is 5.72. The van der Waals surface area contributed by atoms with Gasteiger partial charge in [-0.3, -0.25) is 9.36 Å². The fourth-order valence-corrected chi connectivity index (χ4v) is 3.18. The smallest absolute Gasteiger partial charge is 0.326 e. The molecule has 2 aromatic heterocycles. The van der Waals surface area contributed by atoms with Crippen LogP contribution in [0.1, 0.15) is 23.9 Å². The van der Waals surface area contributed by atoms with Gasteiger partial charge in [0.15, 0.2) is 0 Å². The minimum Gasteiger partial charge on any atom is -0.480 e. The van der Waals surface area contributed by atoms with Gasteiger partial charge >= 0.3 is 5.97 Å². The predicted octanol–water partition coefficient (Wildman–Crippen LogP) is 1.75. The van der Waals surface area contributed by atoms with Crippen molar-refractivity contribution < 1.29 is 14.3 Å². The molecule has 0 fully saturated rings. The quantitative estimate of drug-likeness (QED) is 0.710. The van der Waals surface area contributed by atoms with Gasteiger partial charge in [-0.05, 0) is 18.6 Å². The maximum absolute atomic E-state index is 13.8. The number of aromatic nitrogens is 4. The summed E-state index contributed by atoms with van der Waals surface area (Å²) < 4.78 is 16.5. The summed E-state index contributed by atoms with van der Waals surface area (Å²) in [5.41, 5.74) is 0.863. The molecule has 4 rings (SSSR count). The third kappa shape index (κ3) is 3.07. The fraction of sp³-hybridized carbons (Fsp3) is 0.222. The van der Waals surface area contributed by atoms with Crippen LogP contribution in [0, 0.1) is 5.82 Å². The first-order chi connectivity index (χ1) is 13.0. The second kappa shape index (κ2) is 6.67. The van der Waals surface area contributed by atoms with Gasteiger partial charge in [-0.2, -0.15) is 5.10 Å². The number of benzene rings is 1. The number of rotatable bonds is 5. The average molecular weight is 369 g/mol. The molecule has 3 aromatic rings. The lowest BCUT2D eigenvalue weighted by Gasteiger charge is -2.11. The Hall–Kier alpha value is -3.49. The van der Waals surface area contributed by atoms with Gasteiger partial charge in [-0.1, -0.05) is 12.1 Å². The number of hydrogen-bond acceptors (Lipinski definition) is 5. The third-order valence-corrected chi connectivity index (χ3v) is 4.53. The maximum Gasteiger partial charge on any atom is 0.326 e. The Morgan fingerprint density at radius 3 is 2.93 bits per heavy atom. The first-order valence-corrected chi connectivity index (χ1v) is 8.40. The molecule has 9 heteroatoms. The molecule has 0 aliphatic carbocycles. The number of carboxylic acids is 1. The lowest BCUT2D eigenvalue weighted by atomic mass is 10.2. The van der Waals surface area contributed by atoms with E-state index in [4.69, 9.17) is 0 Å². The van der Waals surface area contributed by atoms with Crippen LogP contribution >= 0.6 is 0 Å². The van der Waals surface area contributed by atoms with E-state index in [1.54, 1.807) is 30.6 Å². The Morgan fingerprint density at radius 1 is 1.33 bits per heavy atom. The van der Waals surface area contributed by atoms with Crippen molar-refractivity contribution in [2.45, 2.75) is 25.4 Å². The molecule has 1 atom stereocenters. The van der Waals surface area contributed by atoms with Gasteiger partial charge in [0, 0.05) is 24.7 Å². The number of nitrogens with one attached hydrogen (secondary N) is 1. The van der Waals surface area contributed by atoms with Crippen LogP contribution in [-0.4, -0.2) is 30.4 Å². The van der Waals surface area contributed by atoms with E-state index < -0.39 is 17.6 Å². The van der Waals surface area contributed by atoms with E-state index in [-0.39, 0.29) is 18.0 Å². The summed E-state index contributed by atoms with van der Waals surface area (Å²) in [5, 5.41) is 16.4. The van der Waals surface area contributed by atoms with Crippen LogP contribution < -0.4 is 10.9 Å². The summed E-state index contributed by atoms with van der Waals surface area (Å²) in [6.07, 6.45) is 5.46. The van der Waals surface area contributed by atoms with Crippen molar-refractivity contribution in [2.24, 2.45) is 0 Å². The summed E-state index contributed by atoms with van der Waals surface area (Å²) in [7, 11) is 0. The van der Waals surface area contributed by atoms with E-state index >= 15 is 0 Å². The summed E-state index contributed by atoms with van der Waals surface area (Å²) in [5.74, 6) is -0.952. The van der Waals surface area contributed by atoms with Crippen molar-refractivity contribution in [3.8, 4) is 5.69 Å². The van der Waals surface area contributed by atoms with E-state index in [1.165, 1.54) is 21.5 Å². The zero-order valence-electron chi connectivity index (χ0n) is 14.2. The van der Waals surface area contributed by atoms with Crippen LogP contribution in [-0.2, 0) is 17.8 Å². The Bertz CT molecular complexity index is 1070. The molecule has 1 aliphatic rings. The number of nitrogens with zero attached hydrogens (tertiary/aromatic N) is 4. The maximum atomic E-state index is 13.8. The first-order valence-electron chi connectivity index (χ1n) is 8.40. The zero-order chi connectivity index (χ0) is 19.0. The fourth-order valence-electron chi connectivity index (χ4n) is 3.18. The molecule has 27 heavy (non-hydrogen) atoms. The van der Waals surface area contributed by atoms with Crippen LogP contribution in [0.5, 0.6) is 0 Å². The highest BCUT2D eigenvalue weighted by Gasteiger charge is 2.30. The minimum absolute atomic E-state index is 0.213. The SMILES string of the molecule is O=C(O)[C@@H]1CCc2ncc(NCc3cnn(-c4ccccc4F)c3)c(=O)n21. The molecule has 0 saturated carbocycles. The monoisotopic (exact) mass is 369 g/mol. The molecule has 1 aromatic carbocycles. The highest BCUT2D eigenvalue weighted by atomic mass is 19.1. The van der Waals surface area contributed by atoms with Crippen molar-refractivity contribution in [1.29, 1.82) is 0 Å². The summed E-state index contributed by atoms with van der Waals surface area (Å²) in [4.78, 5) is 28.1. The summed E-state index contributed by atoms with van der Waals surface area (Å²) in [6.45, 7) is 0.266. The molecule has 0 unspecified atom stereocenters. The van der Waals surface area contributed by atoms with Crippen molar-refractivity contribution in [1.82, 2.24) is 19.3 Å². The molecular weight excluding hydrogens is 353 g/mol. The topological polar surface area (TPSA) is 102 Å². The van der Waals surface area contributed by atoms with E-state index in [2.05, 4.69) is 15.4 Å². The van der Waals surface area contributed by atoms with Crippen LogP contribution in [0.4, 0.5) is 10.1 Å². The first kappa shape index (κ1) is 17.0. The Morgan fingerprint density at radius 2 is 2.15 bits per heavy atom. The molecule has 0 amide bonds. The van der Waals surface area contributed by atoms with E-state index in [1.807, 2.05) is 0 Å². The Labute approximate surface area is 152 Å². The molecule has 1 aliphatic heterocycles. The molecular formula is C18H16FN5O3. The van der Waals surface area contributed by atoms with Gasteiger partial charge in [-0.15, -0.1) is 0 Å². The molecule has 0 saturated heterocycles. The number of halogens is 1. The van der Waals surface area contributed by atoms with Crippen molar-refractivity contribution in [3.05, 3.63) is 70.4 Å². The van der Waals surface area contributed by atoms with Crippen LogP contribution in [0.15, 0.2) is 47.7 Å². The van der Waals surface area contributed by atoms with Crippen molar-refractivity contribution in [2.75, 3.05) is 5.32 Å². The number of fused-ring (bicyclic) bond motifs is 1. The van der Waals surface area contributed by atoms with Gasteiger partial charge in [0.2, 0.25) is 0 Å². The highest BCUT2D eigenvalue weighted by Crippen LogP contribution is 2.23. The molecule has 2 N–H and O–H groups in total.